The topological polar surface area (TPSA) is 25.8 Å². The Bertz CT molecular complexity index is 263. The van der Waals surface area contributed by atoms with E-state index in [1.54, 1.807) is 12.4 Å². The predicted molar refractivity (Wildman–Crippen MR) is 52.9 cm³/mol. The van der Waals surface area contributed by atoms with E-state index in [0.717, 1.165) is 18.5 Å². The van der Waals surface area contributed by atoms with E-state index in [4.69, 9.17) is 11.6 Å². The molecule has 2 rings (SSSR count). The molecule has 1 aromatic rings. The van der Waals surface area contributed by atoms with Gasteiger partial charge in [0, 0.05) is 29.9 Å². The van der Waals surface area contributed by atoms with Gasteiger partial charge in [-0.25, -0.2) is 0 Å². The Morgan fingerprint density at radius 2 is 2.08 bits per heavy atom. The van der Waals surface area contributed by atoms with Crippen molar-refractivity contribution in [2.75, 3.05) is 0 Å². The van der Waals surface area contributed by atoms with E-state index in [9.17, 15) is 0 Å². The number of rotatable bonds is 1. The Kier molecular flexibility index (Phi) is 2.79. The molecule has 1 fully saturated rings. The van der Waals surface area contributed by atoms with Gasteiger partial charge in [0.2, 0.25) is 0 Å². The van der Waals surface area contributed by atoms with Crippen molar-refractivity contribution in [3.63, 3.8) is 0 Å². The Hall–Kier alpha value is -0.630. The summed E-state index contributed by atoms with van der Waals surface area (Å²) in [6.07, 6.45) is 10.1. The minimum atomic E-state index is 0.255. The quantitative estimate of drug-likeness (QED) is 0.646. The molecule has 0 aliphatic heterocycles. The normalized spacial score (nSPS) is 28.7. The van der Waals surface area contributed by atoms with E-state index >= 15 is 0 Å². The summed E-state index contributed by atoms with van der Waals surface area (Å²) in [6, 6.07) is 0. The van der Waals surface area contributed by atoms with E-state index < -0.39 is 0 Å². The highest BCUT2D eigenvalue weighted by atomic mass is 35.5. The highest BCUT2D eigenvalue weighted by Crippen LogP contribution is 2.34. The van der Waals surface area contributed by atoms with Crippen LogP contribution < -0.4 is 0 Å². The first kappa shape index (κ1) is 8.95. The molecule has 0 aromatic carbocycles. The molecule has 13 heavy (non-hydrogen) atoms. The fourth-order valence-electron chi connectivity index (χ4n) is 1.92. The van der Waals surface area contributed by atoms with Gasteiger partial charge in [-0.2, -0.15) is 0 Å². The molecular weight excluding hydrogens is 184 g/mol. The molecular formula is C10H13ClN2. The lowest BCUT2D eigenvalue weighted by molar-refractivity contribution is 0.442. The number of hydrogen-bond donors (Lipinski definition) is 0. The third-order valence-electron chi connectivity index (χ3n) is 2.64. The number of halogens is 1. The van der Waals surface area contributed by atoms with Crippen LogP contribution in [0.2, 0.25) is 0 Å². The summed E-state index contributed by atoms with van der Waals surface area (Å²) >= 11 is 6.25. The summed E-state index contributed by atoms with van der Waals surface area (Å²) in [5.41, 5.74) is 1.06. The van der Waals surface area contributed by atoms with Crippen LogP contribution >= 0.6 is 11.6 Å². The lowest BCUT2D eigenvalue weighted by Crippen LogP contribution is -2.18. The van der Waals surface area contributed by atoms with Crippen LogP contribution in [0.25, 0.3) is 0 Å². The van der Waals surface area contributed by atoms with Crippen LogP contribution in [0.4, 0.5) is 0 Å². The van der Waals surface area contributed by atoms with Gasteiger partial charge in [-0.05, 0) is 12.8 Å². The lowest BCUT2D eigenvalue weighted by atomic mass is 9.86. The molecule has 3 heteroatoms. The lowest BCUT2D eigenvalue weighted by Gasteiger charge is -2.25. The molecule has 1 aliphatic carbocycles. The molecule has 1 saturated carbocycles. The van der Waals surface area contributed by atoms with Gasteiger partial charge in [0.05, 0.1) is 5.69 Å². The fraction of sp³-hybridized carbons (Fsp3) is 0.600. The van der Waals surface area contributed by atoms with Crippen molar-refractivity contribution in [2.45, 2.75) is 37.0 Å². The van der Waals surface area contributed by atoms with Crippen LogP contribution in [0.3, 0.4) is 0 Å². The van der Waals surface area contributed by atoms with Gasteiger partial charge < -0.3 is 0 Å². The second-order valence-corrected chi connectivity index (χ2v) is 4.10. The zero-order valence-corrected chi connectivity index (χ0v) is 8.24. The van der Waals surface area contributed by atoms with Crippen molar-refractivity contribution >= 4 is 11.6 Å². The van der Waals surface area contributed by atoms with Gasteiger partial charge in [-0.15, -0.1) is 11.6 Å². The summed E-state index contributed by atoms with van der Waals surface area (Å²) < 4.78 is 0. The zero-order valence-electron chi connectivity index (χ0n) is 7.49. The van der Waals surface area contributed by atoms with Gasteiger partial charge in [0.25, 0.3) is 0 Å². The molecule has 0 radical (unpaired) electrons. The summed E-state index contributed by atoms with van der Waals surface area (Å²) in [5.74, 6) is 0.420. The standard InChI is InChI=1S/C10H13ClN2/c11-9-4-2-1-3-8(9)10-7-12-5-6-13-10/h5-9H,1-4H2. The van der Waals surface area contributed by atoms with Crippen molar-refractivity contribution in [1.82, 2.24) is 9.97 Å². The first-order chi connectivity index (χ1) is 6.38. The van der Waals surface area contributed by atoms with E-state index in [2.05, 4.69) is 9.97 Å². The molecule has 1 heterocycles. The molecule has 0 saturated heterocycles. The highest BCUT2D eigenvalue weighted by molar-refractivity contribution is 6.21. The molecule has 0 amide bonds. The molecule has 1 aromatic heterocycles. The molecule has 0 N–H and O–H groups in total. The van der Waals surface area contributed by atoms with Crippen molar-refractivity contribution in [2.24, 2.45) is 0 Å². The summed E-state index contributed by atoms with van der Waals surface area (Å²) in [7, 11) is 0. The van der Waals surface area contributed by atoms with Crippen LogP contribution in [-0.2, 0) is 0 Å². The maximum absolute atomic E-state index is 6.25. The van der Waals surface area contributed by atoms with Crippen LogP contribution in [0.5, 0.6) is 0 Å². The van der Waals surface area contributed by atoms with Gasteiger partial charge >= 0.3 is 0 Å². The smallest absolute Gasteiger partial charge is 0.0632 e. The second kappa shape index (κ2) is 4.05. The molecule has 2 nitrogen and oxygen atoms in total. The number of alkyl halides is 1. The zero-order chi connectivity index (χ0) is 9.10. The third kappa shape index (κ3) is 1.99. The molecule has 0 bridgehead atoms. The molecule has 1 aliphatic rings. The molecule has 2 atom stereocenters. The number of hydrogen-bond acceptors (Lipinski definition) is 2. The Morgan fingerprint density at radius 1 is 1.23 bits per heavy atom. The van der Waals surface area contributed by atoms with E-state index in [-0.39, 0.29) is 5.38 Å². The van der Waals surface area contributed by atoms with Gasteiger partial charge in [0.15, 0.2) is 0 Å². The van der Waals surface area contributed by atoms with Crippen molar-refractivity contribution in [3.05, 3.63) is 24.3 Å². The Balaban J connectivity index is 2.15. The van der Waals surface area contributed by atoms with E-state index in [1.807, 2.05) is 6.20 Å². The van der Waals surface area contributed by atoms with E-state index in [0.29, 0.717) is 5.92 Å². The number of aromatic nitrogens is 2. The maximum atomic E-state index is 6.25. The summed E-state index contributed by atoms with van der Waals surface area (Å²) in [6.45, 7) is 0. The van der Waals surface area contributed by atoms with Gasteiger partial charge in [0.1, 0.15) is 0 Å². The Morgan fingerprint density at radius 3 is 2.77 bits per heavy atom. The molecule has 0 spiro atoms. The minimum absolute atomic E-state index is 0.255. The average molecular weight is 197 g/mol. The predicted octanol–water partition coefficient (Wildman–Crippen LogP) is 2.74. The van der Waals surface area contributed by atoms with E-state index in [1.165, 1.54) is 12.8 Å². The second-order valence-electron chi connectivity index (χ2n) is 3.54. The van der Waals surface area contributed by atoms with Crippen LogP contribution in [-0.4, -0.2) is 15.3 Å². The minimum Gasteiger partial charge on any atom is -0.261 e. The van der Waals surface area contributed by atoms with Crippen molar-refractivity contribution < 1.29 is 0 Å². The number of nitrogens with zero attached hydrogens (tertiary/aromatic N) is 2. The maximum Gasteiger partial charge on any atom is 0.0632 e. The Labute approximate surface area is 83.4 Å². The first-order valence-corrected chi connectivity index (χ1v) is 5.21. The monoisotopic (exact) mass is 196 g/mol. The van der Waals surface area contributed by atoms with Crippen LogP contribution in [0.1, 0.15) is 37.3 Å². The average Bonchev–Trinajstić information content (AvgIpc) is 2.20. The summed E-state index contributed by atoms with van der Waals surface area (Å²) in [5, 5.41) is 0.255. The largest absolute Gasteiger partial charge is 0.261 e. The third-order valence-corrected chi connectivity index (χ3v) is 3.17. The van der Waals surface area contributed by atoms with Crippen molar-refractivity contribution in [3.8, 4) is 0 Å². The molecule has 70 valence electrons. The van der Waals surface area contributed by atoms with Crippen LogP contribution in [0.15, 0.2) is 18.6 Å². The molecule has 2 unspecified atom stereocenters. The highest BCUT2D eigenvalue weighted by Gasteiger charge is 2.25. The summed E-state index contributed by atoms with van der Waals surface area (Å²) in [4.78, 5) is 8.38. The van der Waals surface area contributed by atoms with Crippen LogP contribution in [0, 0.1) is 0 Å². The fourth-order valence-corrected chi connectivity index (χ4v) is 2.33. The van der Waals surface area contributed by atoms with Gasteiger partial charge in [-0.3, -0.25) is 9.97 Å². The van der Waals surface area contributed by atoms with Gasteiger partial charge in [-0.1, -0.05) is 12.8 Å². The van der Waals surface area contributed by atoms with Crippen molar-refractivity contribution in [1.29, 1.82) is 0 Å². The SMILES string of the molecule is ClC1CCCCC1c1cnccn1. The first-order valence-electron chi connectivity index (χ1n) is 4.78.